The molecule has 1 aromatic carbocycles. The van der Waals surface area contributed by atoms with Crippen LogP contribution in [0, 0.1) is 0 Å². The summed E-state index contributed by atoms with van der Waals surface area (Å²) in [5.41, 5.74) is 1.16. The van der Waals surface area contributed by atoms with Crippen molar-refractivity contribution in [1.82, 2.24) is 5.32 Å². The van der Waals surface area contributed by atoms with Gasteiger partial charge in [-0.05, 0) is 25.3 Å². The monoisotopic (exact) mass is 262 g/mol. The summed E-state index contributed by atoms with van der Waals surface area (Å²) in [7, 11) is 0. The molecule has 0 aliphatic heterocycles. The number of hydrogen-bond acceptors (Lipinski definition) is 2. The molecule has 3 heteroatoms. The van der Waals surface area contributed by atoms with Crippen LogP contribution in [0.1, 0.15) is 45.3 Å². The van der Waals surface area contributed by atoms with Crippen molar-refractivity contribution < 1.29 is 4.74 Å². The molecule has 106 valence electrons. The van der Waals surface area contributed by atoms with Crippen LogP contribution in [0.2, 0.25) is 0 Å². The third-order valence-corrected chi connectivity index (χ3v) is 2.75. The molecule has 0 heterocycles. The maximum atomic E-state index is 5.89. The van der Waals surface area contributed by atoms with Gasteiger partial charge in [0.25, 0.3) is 0 Å². The van der Waals surface area contributed by atoms with Gasteiger partial charge < -0.3 is 10.1 Å². The minimum absolute atomic E-state index is 0.0794. The molecule has 0 aromatic heterocycles. The predicted octanol–water partition coefficient (Wildman–Crippen LogP) is 3.57. The number of amidine groups is 1. The van der Waals surface area contributed by atoms with Gasteiger partial charge in [0.1, 0.15) is 11.9 Å². The highest BCUT2D eigenvalue weighted by atomic mass is 16.5. The van der Waals surface area contributed by atoms with Crippen molar-refractivity contribution in [1.29, 1.82) is 0 Å². The summed E-state index contributed by atoms with van der Waals surface area (Å²) in [5.74, 6) is 0.955. The summed E-state index contributed by atoms with van der Waals surface area (Å²) < 4.78 is 5.89. The maximum absolute atomic E-state index is 5.89. The van der Waals surface area contributed by atoms with Gasteiger partial charge in [0.2, 0.25) is 0 Å². The molecular formula is C16H26N2O. The molecule has 1 unspecified atom stereocenters. The van der Waals surface area contributed by atoms with Gasteiger partial charge in [-0.25, -0.2) is 0 Å². The SMILES string of the molecule is CCCN=C(NCCC)C(OCC)c1ccccc1. The van der Waals surface area contributed by atoms with Gasteiger partial charge in [0.05, 0.1) is 0 Å². The van der Waals surface area contributed by atoms with Crippen LogP contribution < -0.4 is 5.32 Å². The number of aliphatic imine (C=N–C) groups is 1. The van der Waals surface area contributed by atoms with E-state index in [0.29, 0.717) is 6.61 Å². The van der Waals surface area contributed by atoms with Gasteiger partial charge in [-0.1, -0.05) is 44.2 Å². The molecule has 0 aliphatic carbocycles. The fourth-order valence-corrected chi connectivity index (χ4v) is 1.84. The molecule has 0 amide bonds. The van der Waals surface area contributed by atoms with Crippen molar-refractivity contribution in [3.8, 4) is 0 Å². The summed E-state index contributed by atoms with van der Waals surface area (Å²) >= 11 is 0. The summed E-state index contributed by atoms with van der Waals surface area (Å²) in [5, 5.41) is 3.41. The summed E-state index contributed by atoms with van der Waals surface area (Å²) in [6.45, 7) is 8.76. The molecule has 3 nitrogen and oxygen atoms in total. The predicted molar refractivity (Wildman–Crippen MR) is 81.7 cm³/mol. The maximum Gasteiger partial charge on any atom is 0.139 e. The van der Waals surface area contributed by atoms with Crippen molar-refractivity contribution in [2.75, 3.05) is 19.7 Å². The Labute approximate surface area is 117 Å². The average Bonchev–Trinajstić information content (AvgIpc) is 2.46. The first-order valence-corrected chi connectivity index (χ1v) is 7.28. The highest BCUT2D eigenvalue weighted by molar-refractivity contribution is 5.87. The Morgan fingerprint density at radius 1 is 1.16 bits per heavy atom. The minimum atomic E-state index is -0.0794. The van der Waals surface area contributed by atoms with Crippen LogP contribution in [0.25, 0.3) is 0 Å². The normalized spacial score (nSPS) is 13.3. The minimum Gasteiger partial charge on any atom is -0.371 e. The van der Waals surface area contributed by atoms with Gasteiger partial charge in [0.15, 0.2) is 0 Å². The summed E-state index contributed by atoms with van der Waals surface area (Å²) in [6, 6.07) is 10.3. The Morgan fingerprint density at radius 2 is 1.89 bits per heavy atom. The molecule has 0 radical (unpaired) electrons. The molecule has 0 aliphatic rings. The van der Waals surface area contributed by atoms with E-state index in [-0.39, 0.29) is 6.10 Å². The van der Waals surface area contributed by atoms with Crippen LogP contribution in [-0.4, -0.2) is 25.5 Å². The van der Waals surface area contributed by atoms with Crippen molar-refractivity contribution in [3.05, 3.63) is 35.9 Å². The Morgan fingerprint density at radius 3 is 2.47 bits per heavy atom. The fraction of sp³-hybridized carbons (Fsp3) is 0.562. The lowest BCUT2D eigenvalue weighted by Crippen LogP contribution is -2.32. The molecule has 1 rings (SSSR count). The van der Waals surface area contributed by atoms with Crippen LogP contribution >= 0.6 is 0 Å². The molecule has 0 spiro atoms. The number of rotatable bonds is 8. The lowest BCUT2D eigenvalue weighted by molar-refractivity contribution is 0.107. The van der Waals surface area contributed by atoms with Crippen molar-refractivity contribution in [3.63, 3.8) is 0 Å². The Kier molecular flexibility index (Phi) is 7.91. The third-order valence-electron chi connectivity index (χ3n) is 2.75. The summed E-state index contributed by atoms with van der Waals surface area (Å²) in [6.07, 6.45) is 2.05. The van der Waals surface area contributed by atoms with E-state index in [1.165, 1.54) is 0 Å². The van der Waals surface area contributed by atoms with E-state index in [1.54, 1.807) is 0 Å². The van der Waals surface area contributed by atoms with Crippen molar-refractivity contribution in [2.45, 2.75) is 39.7 Å². The van der Waals surface area contributed by atoms with E-state index >= 15 is 0 Å². The molecular weight excluding hydrogens is 236 g/mol. The van der Waals surface area contributed by atoms with Crippen LogP contribution in [0.5, 0.6) is 0 Å². The molecule has 1 atom stereocenters. The van der Waals surface area contributed by atoms with E-state index in [4.69, 9.17) is 4.74 Å². The second-order valence-electron chi connectivity index (χ2n) is 4.44. The van der Waals surface area contributed by atoms with E-state index in [1.807, 2.05) is 25.1 Å². The smallest absolute Gasteiger partial charge is 0.139 e. The van der Waals surface area contributed by atoms with Crippen LogP contribution in [0.4, 0.5) is 0 Å². The average molecular weight is 262 g/mol. The topological polar surface area (TPSA) is 33.6 Å². The third kappa shape index (κ3) is 5.43. The zero-order valence-corrected chi connectivity index (χ0v) is 12.4. The highest BCUT2D eigenvalue weighted by Gasteiger charge is 2.17. The first-order valence-electron chi connectivity index (χ1n) is 7.28. The highest BCUT2D eigenvalue weighted by Crippen LogP contribution is 2.18. The molecule has 0 bridgehead atoms. The van der Waals surface area contributed by atoms with Gasteiger partial charge >= 0.3 is 0 Å². The summed E-state index contributed by atoms with van der Waals surface area (Å²) in [4.78, 5) is 4.66. The number of benzene rings is 1. The second-order valence-corrected chi connectivity index (χ2v) is 4.44. The fourth-order valence-electron chi connectivity index (χ4n) is 1.84. The first kappa shape index (κ1) is 15.7. The quantitative estimate of drug-likeness (QED) is 0.574. The molecule has 19 heavy (non-hydrogen) atoms. The van der Waals surface area contributed by atoms with Gasteiger partial charge in [-0.15, -0.1) is 0 Å². The first-order chi connectivity index (χ1) is 9.33. The standard InChI is InChI=1S/C16H26N2O/c1-4-12-17-16(18-13-5-2)15(19-6-3)14-10-8-7-9-11-14/h7-11,15H,4-6,12-13H2,1-3H3,(H,17,18). The van der Waals surface area contributed by atoms with E-state index < -0.39 is 0 Å². The van der Waals surface area contributed by atoms with E-state index in [2.05, 4.69) is 36.3 Å². The number of hydrogen-bond donors (Lipinski definition) is 1. The van der Waals surface area contributed by atoms with E-state index in [0.717, 1.165) is 37.3 Å². The van der Waals surface area contributed by atoms with Crippen molar-refractivity contribution in [2.24, 2.45) is 4.99 Å². The van der Waals surface area contributed by atoms with Gasteiger partial charge in [-0.3, -0.25) is 4.99 Å². The van der Waals surface area contributed by atoms with Crippen molar-refractivity contribution >= 4 is 5.84 Å². The largest absolute Gasteiger partial charge is 0.371 e. The van der Waals surface area contributed by atoms with Gasteiger partial charge in [0, 0.05) is 19.7 Å². The Bertz CT molecular complexity index is 362. The second kappa shape index (κ2) is 9.56. The molecule has 1 N–H and O–H groups in total. The molecule has 1 aromatic rings. The number of ether oxygens (including phenoxy) is 1. The van der Waals surface area contributed by atoms with Crippen LogP contribution in [0.3, 0.4) is 0 Å². The Balaban J connectivity index is 2.91. The van der Waals surface area contributed by atoms with Crippen LogP contribution in [0.15, 0.2) is 35.3 Å². The lowest BCUT2D eigenvalue weighted by atomic mass is 10.1. The number of nitrogens with zero attached hydrogens (tertiary/aromatic N) is 1. The van der Waals surface area contributed by atoms with E-state index in [9.17, 15) is 0 Å². The molecule has 0 saturated heterocycles. The zero-order valence-electron chi connectivity index (χ0n) is 12.4. The lowest BCUT2D eigenvalue weighted by Gasteiger charge is -2.21. The zero-order chi connectivity index (χ0) is 13.9. The Hall–Kier alpha value is -1.35. The molecule has 0 saturated carbocycles. The van der Waals surface area contributed by atoms with Crippen LogP contribution in [-0.2, 0) is 4.74 Å². The van der Waals surface area contributed by atoms with Gasteiger partial charge in [-0.2, -0.15) is 0 Å². The number of nitrogens with one attached hydrogen (secondary N) is 1. The molecule has 0 fully saturated rings.